The van der Waals surface area contributed by atoms with Gasteiger partial charge in [0, 0.05) is 22.9 Å². The quantitative estimate of drug-likeness (QED) is 0.733. The first kappa shape index (κ1) is 18.4. The molecule has 0 atom stereocenters. The molecule has 9 heteroatoms. The van der Waals surface area contributed by atoms with Crippen LogP contribution in [0, 0.1) is 6.92 Å². The molecule has 1 aromatic carbocycles. The maximum absolute atomic E-state index is 13.2. The zero-order valence-corrected chi connectivity index (χ0v) is 14.4. The monoisotopic (exact) mass is 376 g/mol. The number of nitrogen functional groups attached to an aromatic ring is 1. The summed E-state index contributed by atoms with van der Waals surface area (Å²) in [5.74, 6) is 0.422. The number of halogens is 3. The van der Waals surface area contributed by atoms with Crippen LogP contribution < -0.4 is 15.2 Å². The first-order chi connectivity index (χ1) is 12.8. The van der Waals surface area contributed by atoms with Crippen molar-refractivity contribution < 1.29 is 22.6 Å². The highest BCUT2D eigenvalue weighted by atomic mass is 19.4. The Hall–Kier alpha value is -3.36. The van der Waals surface area contributed by atoms with Crippen molar-refractivity contribution in [2.45, 2.75) is 13.1 Å². The van der Waals surface area contributed by atoms with Gasteiger partial charge < -0.3 is 15.2 Å². The third-order valence-corrected chi connectivity index (χ3v) is 3.73. The van der Waals surface area contributed by atoms with E-state index in [0.717, 1.165) is 12.1 Å². The highest BCUT2D eigenvalue weighted by Crippen LogP contribution is 2.41. The Kier molecular flexibility index (Phi) is 4.85. The van der Waals surface area contributed by atoms with E-state index in [0.29, 0.717) is 16.7 Å². The van der Waals surface area contributed by atoms with Gasteiger partial charge in [-0.2, -0.15) is 13.2 Å². The van der Waals surface area contributed by atoms with E-state index in [2.05, 4.69) is 15.2 Å². The van der Waals surface area contributed by atoms with E-state index in [1.165, 1.54) is 25.4 Å². The largest absolute Gasteiger partial charge is 0.481 e. The Morgan fingerprint density at radius 2 is 1.78 bits per heavy atom. The van der Waals surface area contributed by atoms with E-state index in [-0.39, 0.29) is 23.3 Å². The van der Waals surface area contributed by atoms with E-state index in [1.807, 2.05) is 0 Å². The molecule has 0 spiro atoms. The molecule has 0 aliphatic heterocycles. The van der Waals surface area contributed by atoms with Crippen molar-refractivity contribution in [3.05, 3.63) is 53.7 Å². The fraction of sp³-hybridized carbons (Fsp3) is 0.167. The van der Waals surface area contributed by atoms with Crippen LogP contribution in [0.15, 0.2) is 42.6 Å². The van der Waals surface area contributed by atoms with Crippen LogP contribution in [0.4, 0.5) is 19.0 Å². The van der Waals surface area contributed by atoms with E-state index in [1.54, 1.807) is 19.1 Å². The second kappa shape index (κ2) is 7.10. The van der Waals surface area contributed by atoms with Crippen molar-refractivity contribution in [1.82, 2.24) is 15.2 Å². The van der Waals surface area contributed by atoms with Crippen molar-refractivity contribution in [2.75, 3.05) is 12.8 Å². The molecule has 0 fully saturated rings. The first-order valence-electron chi connectivity index (χ1n) is 7.78. The predicted molar refractivity (Wildman–Crippen MR) is 92.5 cm³/mol. The lowest BCUT2D eigenvalue weighted by molar-refractivity contribution is -0.137. The predicted octanol–water partition coefficient (Wildman–Crippen LogP) is 4.25. The Balaban J connectivity index is 2.16. The summed E-state index contributed by atoms with van der Waals surface area (Å²) >= 11 is 0. The minimum atomic E-state index is -4.53. The zero-order valence-electron chi connectivity index (χ0n) is 14.4. The Labute approximate surface area is 152 Å². The van der Waals surface area contributed by atoms with E-state index >= 15 is 0 Å². The van der Waals surface area contributed by atoms with Crippen molar-refractivity contribution in [3.63, 3.8) is 0 Å². The minimum Gasteiger partial charge on any atom is -0.481 e. The molecule has 0 saturated carbocycles. The van der Waals surface area contributed by atoms with Gasteiger partial charge in [0.1, 0.15) is 11.6 Å². The number of nitrogens with zero attached hydrogens (tertiary/aromatic N) is 3. The number of hydrogen-bond donors (Lipinski definition) is 1. The summed E-state index contributed by atoms with van der Waals surface area (Å²) in [4.78, 5) is 4.08. The van der Waals surface area contributed by atoms with Gasteiger partial charge >= 0.3 is 6.18 Å². The third kappa shape index (κ3) is 3.91. The third-order valence-electron chi connectivity index (χ3n) is 3.73. The number of aromatic nitrogens is 3. The second-order valence-electron chi connectivity index (χ2n) is 5.63. The summed E-state index contributed by atoms with van der Waals surface area (Å²) in [6, 6.07) is 8.00. The van der Waals surface area contributed by atoms with Crippen molar-refractivity contribution in [2.24, 2.45) is 0 Å². The van der Waals surface area contributed by atoms with Gasteiger partial charge in [0.05, 0.1) is 12.7 Å². The lowest BCUT2D eigenvalue weighted by Crippen LogP contribution is -2.06. The molecule has 0 radical (unpaired) electrons. The maximum Gasteiger partial charge on any atom is 0.416 e. The molecule has 0 saturated heterocycles. The summed E-state index contributed by atoms with van der Waals surface area (Å²) in [6.07, 6.45) is -3.01. The molecule has 6 nitrogen and oxygen atoms in total. The van der Waals surface area contributed by atoms with Crippen LogP contribution in [-0.4, -0.2) is 22.3 Å². The lowest BCUT2D eigenvalue weighted by Gasteiger charge is -2.16. The SMILES string of the molecule is COc1ncccc1-c1ccc(C(F)(F)F)cc1Oc1nnc(N)cc1C. The molecule has 2 N–H and O–H groups in total. The fourth-order valence-corrected chi connectivity index (χ4v) is 2.46. The highest BCUT2D eigenvalue weighted by molar-refractivity contribution is 5.75. The molecule has 0 unspecified atom stereocenters. The summed E-state index contributed by atoms with van der Waals surface area (Å²) in [7, 11) is 1.42. The Morgan fingerprint density at radius 1 is 1.00 bits per heavy atom. The number of aryl methyl sites for hydroxylation is 1. The van der Waals surface area contributed by atoms with Gasteiger partial charge in [0.15, 0.2) is 0 Å². The molecule has 0 aliphatic rings. The lowest BCUT2D eigenvalue weighted by atomic mass is 10.0. The average Bonchev–Trinajstić information content (AvgIpc) is 2.63. The molecular weight excluding hydrogens is 361 g/mol. The molecule has 0 aliphatic carbocycles. The van der Waals surface area contributed by atoms with Gasteiger partial charge in [-0.3, -0.25) is 0 Å². The Morgan fingerprint density at radius 3 is 2.44 bits per heavy atom. The van der Waals surface area contributed by atoms with E-state index < -0.39 is 11.7 Å². The molecule has 3 aromatic rings. The summed E-state index contributed by atoms with van der Waals surface area (Å²) in [5.41, 5.74) is 6.08. The number of hydrogen-bond acceptors (Lipinski definition) is 6. The van der Waals surface area contributed by atoms with Crippen molar-refractivity contribution >= 4 is 5.82 Å². The number of benzene rings is 1. The summed E-state index contributed by atoms with van der Waals surface area (Å²) < 4.78 is 50.4. The average molecular weight is 376 g/mol. The second-order valence-corrected chi connectivity index (χ2v) is 5.63. The number of rotatable bonds is 4. The fourth-order valence-electron chi connectivity index (χ4n) is 2.46. The number of ether oxygens (including phenoxy) is 2. The molecule has 2 aromatic heterocycles. The van der Waals surface area contributed by atoms with Crippen molar-refractivity contribution in [1.29, 1.82) is 0 Å². The van der Waals surface area contributed by atoms with Gasteiger partial charge in [-0.25, -0.2) is 4.98 Å². The first-order valence-corrected chi connectivity index (χ1v) is 7.78. The molecular formula is C18H15F3N4O2. The highest BCUT2D eigenvalue weighted by Gasteiger charge is 2.32. The maximum atomic E-state index is 13.2. The van der Waals surface area contributed by atoms with Gasteiger partial charge in [0.25, 0.3) is 0 Å². The molecule has 0 amide bonds. The molecule has 140 valence electrons. The number of methoxy groups -OCH3 is 1. The van der Waals surface area contributed by atoms with Crippen LogP contribution in [0.25, 0.3) is 11.1 Å². The molecule has 3 rings (SSSR count). The topological polar surface area (TPSA) is 83.2 Å². The van der Waals surface area contributed by atoms with Gasteiger partial charge in [-0.05, 0) is 43.3 Å². The smallest absolute Gasteiger partial charge is 0.416 e. The van der Waals surface area contributed by atoms with Crippen molar-refractivity contribution in [3.8, 4) is 28.6 Å². The zero-order chi connectivity index (χ0) is 19.6. The number of nitrogens with two attached hydrogens (primary N) is 1. The summed E-state index contributed by atoms with van der Waals surface area (Å²) in [5, 5.41) is 7.50. The van der Waals surface area contributed by atoms with Gasteiger partial charge in [-0.15, -0.1) is 10.2 Å². The van der Waals surface area contributed by atoms with Crippen LogP contribution >= 0.6 is 0 Å². The Bertz CT molecular complexity index is 977. The van der Waals surface area contributed by atoms with Crippen LogP contribution in [0.2, 0.25) is 0 Å². The number of alkyl halides is 3. The van der Waals surface area contributed by atoms with E-state index in [4.69, 9.17) is 15.2 Å². The number of anilines is 1. The van der Waals surface area contributed by atoms with Crippen LogP contribution in [0.1, 0.15) is 11.1 Å². The summed E-state index contributed by atoms with van der Waals surface area (Å²) in [6.45, 7) is 1.66. The van der Waals surface area contributed by atoms with Crippen LogP contribution in [0.3, 0.4) is 0 Å². The molecule has 27 heavy (non-hydrogen) atoms. The van der Waals surface area contributed by atoms with E-state index in [9.17, 15) is 13.2 Å². The van der Waals surface area contributed by atoms with Gasteiger partial charge in [0.2, 0.25) is 11.8 Å². The van der Waals surface area contributed by atoms with Gasteiger partial charge in [-0.1, -0.05) is 0 Å². The normalized spacial score (nSPS) is 11.3. The molecule has 0 bridgehead atoms. The van der Waals surface area contributed by atoms with Crippen LogP contribution in [0.5, 0.6) is 17.5 Å². The number of pyridine rings is 1. The molecule has 2 heterocycles. The van der Waals surface area contributed by atoms with Crippen LogP contribution in [-0.2, 0) is 6.18 Å². The minimum absolute atomic E-state index is 0.0487. The standard InChI is InChI=1S/C18H15F3N4O2/c1-10-8-15(22)24-25-16(10)27-14-9-11(18(19,20)21)5-6-12(14)13-4-3-7-23-17(13)26-2/h3-9H,1-2H3,(H2,22,24).